The molecular formula is C15H25O5P. The molecule has 0 atom stereocenters. The summed E-state index contributed by atoms with van der Waals surface area (Å²) in [5.41, 5.74) is 0.422. The third-order valence-corrected chi connectivity index (χ3v) is 4.87. The van der Waals surface area contributed by atoms with Gasteiger partial charge < -0.3 is 9.05 Å². The van der Waals surface area contributed by atoms with Crippen molar-refractivity contribution in [3.8, 4) is 0 Å². The smallest absolute Gasteiger partial charge is 0.309 e. The first-order valence-corrected chi connectivity index (χ1v) is 8.90. The number of rotatable bonds is 10. The molecule has 21 heavy (non-hydrogen) atoms. The molecule has 1 rings (SSSR count). The normalized spacial score (nSPS) is 12.6. The molecule has 0 saturated heterocycles. The van der Waals surface area contributed by atoms with Crippen LogP contribution in [0.1, 0.15) is 33.3 Å². The van der Waals surface area contributed by atoms with Crippen LogP contribution in [0, 0.1) is 0 Å². The van der Waals surface area contributed by atoms with E-state index in [1.165, 1.54) is 0 Å². The van der Waals surface area contributed by atoms with Crippen LogP contribution in [-0.4, -0.2) is 26.0 Å². The fraction of sp³-hybridized carbons (Fsp3) is 0.600. The highest BCUT2D eigenvalue weighted by molar-refractivity contribution is 7.53. The van der Waals surface area contributed by atoms with Gasteiger partial charge in [0.05, 0.1) is 26.0 Å². The molecular weight excluding hydrogens is 291 g/mol. The van der Waals surface area contributed by atoms with E-state index in [0.29, 0.717) is 13.2 Å². The van der Waals surface area contributed by atoms with Crippen molar-refractivity contribution in [1.29, 1.82) is 0 Å². The van der Waals surface area contributed by atoms with Gasteiger partial charge in [-0.05, 0) is 33.3 Å². The van der Waals surface area contributed by atoms with Crippen LogP contribution < -0.4 is 0 Å². The highest BCUT2D eigenvalue weighted by Gasteiger charge is 2.26. The Hall–Kier alpha value is -0.710. The molecule has 0 N–H and O–H groups in total. The molecule has 0 bridgehead atoms. The van der Waals surface area contributed by atoms with Crippen molar-refractivity contribution >= 4 is 7.60 Å². The maximum Gasteiger partial charge on any atom is 0.333 e. The Balaban J connectivity index is 2.44. The van der Waals surface area contributed by atoms with E-state index in [2.05, 4.69) is 0 Å². The van der Waals surface area contributed by atoms with Crippen LogP contribution in [0.5, 0.6) is 0 Å². The van der Waals surface area contributed by atoms with Gasteiger partial charge in [-0.1, -0.05) is 30.3 Å². The molecule has 0 saturated carbocycles. The average molecular weight is 316 g/mol. The van der Waals surface area contributed by atoms with Crippen LogP contribution in [0.3, 0.4) is 0 Å². The lowest BCUT2D eigenvalue weighted by molar-refractivity contribution is -0.355. The van der Waals surface area contributed by atoms with Crippen LogP contribution in [-0.2, 0) is 29.0 Å². The van der Waals surface area contributed by atoms with E-state index >= 15 is 0 Å². The Bertz CT molecular complexity index is 437. The fourth-order valence-corrected chi connectivity index (χ4v) is 3.20. The summed E-state index contributed by atoms with van der Waals surface area (Å²) in [6.07, 6.45) is 0.166. The van der Waals surface area contributed by atoms with Crippen molar-refractivity contribution in [3.63, 3.8) is 0 Å². The van der Waals surface area contributed by atoms with Gasteiger partial charge in [-0.3, -0.25) is 4.57 Å². The van der Waals surface area contributed by atoms with Gasteiger partial charge in [0.15, 0.2) is 0 Å². The first-order chi connectivity index (χ1) is 9.93. The largest absolute Gasteiger partial charge is 0.333 e. The standard InChI is InChI=1S/C15H25O5P/c1-5-18-21(16,19-6-2)13-12-17-20-15(3,4)14-10-8-7-9-11-14/h7-11H,5-6,12-13H2,1-4H3. The van der Waals surface area contributed by atoms with E-state index in [1.54, 1.807) is 13.8 Å². The van der Waals surface area contributed by atoms with Gasteiger partial charge >= 0.3 is 7.60 Å². The van der Waals surface area contributed by atoms with Crippen LogP contribution in [0.15, 0.2) is 30.3 Å². The third kappa shape index (κ3) is 6.29. The maximum absolute atomic E-state index is 12.2. The number of hydrogen-bond acceptors (Lipinski definition) is 5. The molecule has 6 heteroatoms. The minimum atomic E-state index is -3.08. The van der Waals surface area contributed by atoms with Gasteiger partial charge in [-0.25, -0.2) is 9.78 Å². The maximum atomic E-state index is 12.2. The van der Waals surface area contributed by atoms with Gasteiger partial charge in [-0.15, -0.1) is 0 Å². The molecule has 0 amide bonds. The molecule has 1 aromatic carbocycles. The lowest BCUT2D eigenvalue weighted by Gasteiger charge is -2.24. The second kappa shape index (κ2) is 8.66. The van der Waals surface area contributed by atoms with Gasteiger partial charge in [0.1, 0.15) is 5.60 Å². The molecule has 0 unspecified atom stereocenters. The first-order valence-electron chi connectivity index (χ1n) is 7.18. The fourth-order valence-electron chi connectivity index (χ4n) is 1.79. The summed E-state index contributed by atoms with van der Waals surface area (Å²) in [4.78, 5) is 10.6. The van der Waals surface area contributed by atoms with Crippen molar-refractivity contribution in [2.75, 3.05) is 26.0 Å². The zero-order valence-electron chi connectivity index (χ0n) is 13.2. The van der Waals surface area contributed by atoms with Crippen LogP contribution in [0.2, 0.25) is 0 Å². The SMILES string of the molecule is CCOP(=O)(CCOOC(C)(C)c1ccccc1)OCC. The van der Waals surface area contributed by atoms with Gasteiger partial charge in [0.2, 0.25) is 0 Å². The zero-order chi connectivity index (χ0) is 15.8. The molecule has 0 aromatic heterocycles. The third-order valence-electron chi connectivity index (χ3n) is 2.84. The van der Waals surface area contributed by atoms with Crippen molar-refractivity contribution in [3.05, 3.63) is 35.9 Å². The quantitative estimate of drug-likeness (QED) is 0.281. The molecule has 0 radical (unpaired) electrons. The summed E-state index contributed by atoms with van der Waals surface area (Å²) < 4.78 is 22.6. The summed E-state index contributed by atoms with van der Waals surface area (Å²) >= 11 is 0. The van der Waals surface area contributed by atoms with Crippen molar-refractivity contribution in [2.24, 2.45) is 0 Å². The predicted octanol–water partition coefficient (Wildman–Crippen LogP) is 4.14. The molecule has 120 valence electrons. The van der Waals surface area contributed by atoms with Crippen molar-refractivity contribution in [2.45, 2.75) is 33.3 Å². The summed E-state index contributed by atoms with van der Waals surface area (Å²) in [7, 11) is -3.08. The molecule has 0 spiro atoms. The summed E-state index contributed by atoms with van der Waals surface area (Å²) in [5, 5.41) is 0. The van der Waals surface area contributed by atoms with E-state index < -0.39 is 13.2 Å². The Morgan fingerprint density at radius 3 is 2.14 bits per heavy atom. The van der Waals surface area contributed by atoms with Crippen molar-refractivity contribution < 1.29 is 23.4 Å². The second-order valence-electron chi connectivity index (χ2n) is 4.95. The zero-order valence-corrected chi connectivity index (χ0v) is 14.1. The van der Waals surface area contributed by atoms with Crippen LogP contribution >= 0.6 is 7.60 Å². The molecule has 5 nitrogen and oxygen atoms in total. The lowest BCUT2D eigenvalue weighted by Crippen LogP contribution is -2.22. The second-order valence-corrected chi connectivity index (χ2v) is 7.14. The molecule has 0 fully saturated rings. The monoisotopic (exact) mass is 316 g/mol. The molecule has 0 aliphatic heterocycles. The van der Waals surface area contributed by atoms with E-state index in [0.717, 1.165) is 5.56 Å². The van der Waals surface area contributed by atoms with E-state index in [9.17, 15) is 4.57 Å². The van der Waals surface area contributed by atoms with E-state index in [1.807, 2.05) is 44.2 Å². The van der Waals surface area contributed by atoms with Gasteiger partial charge in [0, 0.05) is 0 Å². The summed E-state index contributed by atoms with van der Waals surface area (Å²) in [5.74, 6) is 0. The van der Waals surface area contributed by atoms with Crippen LogP contribution in [0.4, 0.5) is 0 Å². The summed E-state index contributed by atoms with van der Waals surface area (Å²) in [6, 6.07) is 9.77. The van der Waals surface area contributed by atoms with E-state index in [4.69, 9.17) is 18.8 Å². The Morgan fingerprint density at radius 2 is 1.62 bits per heavy atom. The Morgan fingerprint density at radius 1 is 1.05 bits per heavy atom. The number of benzene rings is 1. The summed E-state index contributed by atoms with van der Waals surface area (Å²) in [6.45, 7) is 8.21. The Labute approximate surface area is 127 Å². The highest BCUT2D eigenvalue weighted by Crippen LogP contribution is 2.47. The molecule has 0 aliphatic rings. The number of hydrogen-bond donors (Lipinski definition) is 0. The lowest BCUT2D eigenvalue weighted by atomic mass is 9.99. The first kappa shape index (κ1) is 18.3. The Kier molecular flexibility index (Phi) is 7.57. The van der Waals surface area contributed by atoms with Crippen molar-refractivity contribution in [1.82, 2.24) is 0 Å². The highest BCUT2D eigenvalue weighted by atomic mass is 31.2. The minimum Gasteiger partial charge on any atom is -0.309 e. The average Bonchev–Trinajstić information content (AvgIpc) is 2.45. The van der Waals surface area contributed by atoms with Gasteiger partial charge in [0.25, 0.3) is 0 Å². The molecule has 1 aromatic rings. The topological polar surface area (TPSA) is 54.0 Å². The molecule has 0 aliphatic carbocycles. The minimum absolute atomic E-state index is 0.146. The van der Waals surface area contributed by atoms with E-state index in [-0.39, 0.29) is 12.8 Å². The van der Waals surface area contributed by atoms with Gasteiger partial charge in [-0.2, -0.15) is 0 Å². The molecule has 0 heterocycles. The van der Waals surface area contributed by atoms with Crippen LogP contribution in [0.25, 0.3) is 0 Å². The predicted molar refractivity (Wildman–Crippen MR) is 82.2 cm³/mol.